The van der Waals surface area contributed by atoms with Crippen LogP contribution in [0.2, 0.25) is 0 Å². The Balaban J connectivity index is 0.693. The number of anilines is 1. The average molecular weight is 788 g/mol. The van der Waals surface area contributed by atoms with E-state index in [0.29, 0.717) is 69.7 Å². The number of nitrogens with zero attached hydrogens (tertiary/aromatic N) is 5. The normalized spacial score (nSPS) is 22.8. The van der Waals surface area contributed by atoms with Gasteiger partial charge in [0.1, 0.15) is 47.8 Å². The number of amides is 2. The fourth-order valence-corrected chi connectivity index (χ4v) is 7.37. The van der Waals surface area contributed by atoms with Gasteiger partial charge in [-0.25, -0.2) is 9.97 Å². The fraction of sp³-hybridized carbons (Fsp3) is 0.525. The van der Waals surface area contributed by atoms with E-state index in [9.17, 15) is 19.8 Å². The van der Waals surface area contributed by atoms with Crippen molar-refractivity contribution < 1.29 is 48.2 Å². The topological polar surface area (TPSA) is 203 Å². The molecule has 3 fully saturated rings. The lowest BCUT2D eigenvalue weighted by Crippen LogP contribution is -2.56. The molecule has 1 aliphatic carbocycles. The summed E-state index contributed by atoms with van der Waals surface area (Å²) in [4.78, 5) is 37.1. The molecule has 17 heteroatoms. The minimum absolute atomic E-state index is 0.00338. The van der Waals surface area contributed by atoms with Crippen LogP contribution in [0.4, 0.5) is 5.82 Å². The van der Waals surface area contributed by atoms with Gasteiger partial charge in [-0.3, -0.25) is 14.7 Å². The molecule has 3 aliphatic heterocycles. The molecule has 0 radical (unpaired) electrons. The number of fused-ring (bicyclic) bond motifs is 2. The lowest BCUT2D eigenvalue weighted by Gasteiger charge is -2.37. The molecule has 5 heterocycles. The van der Waals surface area contributed by atoms with Gasteiger partial charge in [0, 0.05) is 48.7 Å². The van der Waals surface area contributed by atoms with Crippen molar-refractivity contribution in [1.29, 1.82) is 0 Å². The molecule has 304 valence electrons. The average Bonchev–Trinajstić information content (AvgIpc) is 3.70. The number of aromatic amines is 1. The molecule has 2 amide bonds. The van der Waals surface area contributed by atoms with Crippen molar-refractivity contribution in [3.8, 4) is 22.9 Å². The number of aliphatic hydroxyl groups is 2. The van der Waals surface area contributed by atoms with Crippen molar-refractivity contribution in [3.63, 3.8) is 0 Å². The van der Waals surface area contributed by atoms with Gasteiger partial charge >= 0.3 is 0 Å². The zero-order valence-corrected chi connectivity index (χ0v) is 31.9. The minimum Gasteiger partial charge on any atom is -0.491 e. The van der Waals surface area contributed by atoms with Gasteiger partial charge in [-0.1, -0.05) is 0 Å². The van der Waals surface area contributed by atoms with Crippen molar-refractivity contribution in [1.82, 2.24) is 30.4 Å². The molecule has 3 unspecified atom stereocenters. The number of carbonyl (C=O) groups is 2. The van der Waals surface area contributed by atoms with Crippen LogP contribution in [0, 0.1) is 0 Å². The quantitative estimate of drug-likeness (QED) is 0.107. The maximum Gasteiger partial charge on any atom is 0.257 e. The van der Waals surface area contributed by atoms with E-state index in [2.05, 4.69) is 37.3 Å². The van der Waals surface area contributed by atoms with Gasteiger partial charge in [0.15, 0.2) is 6.23 Å². The zero-order valence-electron chi connectivity index (χ0n) is 31.9. The molecule has 4 aromatic rings. The first-order valence-corrected chi connectivity index (χ1v) is 19.6. The molecule has 57 heavy (non-hydrogen) atoms. The maximum atomic E-state index is 13.0. The summed E-state index contributed by atoms with van der Waals surface area (Å²) in [5, 5.41) is 32.2. The summed E-state index contributed by atoms with van der Waals surface area (Å²) in [6, 6.07) is 12.1. The molecular weight excluding hydrogens is 738 g/mol. The van der Waals surface area contributed by atoms with Gasteiger partial charge in [0.2, 0.25) is 5.91 Å². The number of H-pyrrole nitrogens is 1. The van der Waals surface area contributed by atoms with Crippen LogP contribution in [0.5, 0.6) is 11.5 Å². The smallest absolute Gasteiger partial charge is 0.257 e. The van der Waals surface area contributed by atoms with Gasteiger partial charge in [-0.05, 0) is 69.0 Å². The predicted molar refractivity (Wildman–Crippen MR) is 205 cm³/mol. The van der Waals surface area contributed by atoms with Gasteiger partial charge in [-0.15, -0.1) is 0 Å². The number of rotatable bonds is 18. The zero-order chi connectivity index (χ0) is 39.4. The second-order valence-electron chi connectivity index (χ2n) is 15.0. The Kier molecular flexibility index (Phi) is 11.8. The van der Waals surface area contributed by atoms with Crippen molar-refractivity contribution in [2.75, 3.05) is 70.8 Å². The first-order chi connectivity index (χ1) is 27.7. The van der Waals surface area contributed by atoms with Gasteiger partial charge in [-0.2, -0.15) is 5.10 Å². The number of morpholine rings is 1. The molecule has 0 bridgehead atoms. The number of carbonyl (C=O) groups excluding carboxylic acids is 2. The van der Waals surface area contributed by atoms with Gasteiger partial charge in [0.25, 0.3) is 5.91 Å². The predicted octanol–water partition coefficient (Wildman–Crippen LogP) is 2.72. The monoisotopic (exact) mass is 787 g/mol. The largest absolute Gasteiger partial charge is 0.491 e. The van der Waals surface area contributed by atoms with E-state index < -0.39 is 24.4 Å². The Labute approximate surface area is 329 Å². The van der Waals surface area contributed by atoms with Crippen LogP contribution >= 0.6 is 0 Å². The van der Waals surface area contributed by atoms with Crippen LogP contribution in [-0.2, 0) is 23.7 Å². The molecule has 1 saturated carbocycles. The highest BCUT2D eigenvalue weighted by atomic mass is 16.6. The standard InChI is InChI=1S/C40H49N7O10/c1-40(9-10-40)57-26-3-5-31-30(21-26)36(45-44-31)32-22-34(42-24-41-32)46-11-13-55-27(23-46)8-12-52-14-15-53-16-17-54-18-19-56-25-2-4-28-29(20-25)39(51)47(38(28)50)33-6-7-35(48)43-37(33)49/h2-5,20-22,24,27,33,37,39,49,51H,6-19,23H2,1H3,(H,43,48)(H,44,45)/t27-,33?,37?,39?/m1/s1. The summed E-state index contributed by atoms with van der Waals surface area (Å²) < 4.78 is 35.1. The highest BCUT2D eigenvalue weighted by molar-refractivity contribution is 5.99. The number of benzene rings is 2. The Morgan fingerprint density at radius 3 is 2.49 bits per heavy atom. The summed E-state index contributed by atoms with van der Waals surface area (Å²) >= 11 is 0. The number of aromatic nitrogens is 4. The molecule has 4 aliphatic rings. The third-order valence-corrected chi connectivity index (χ3v) is 10.8. The van der Waals surface area contributed by atoms with Crippen molar-refractivity contribution in [3.05, 3.63) is 59.9 Å². The molecule has 2 aromatic carbocycles. The highest BCUT2D eigenvalue weighted by Gasteiger charge is 2.44. The number of nitrogens with one attached hydrogen (secondary N) is 2. The second-order valence-corrected chi connectivity index (χ2v) is 15.0. The van der Waals surface area contributed by atoms with E-state index in [4.69, 9.17) is 28.4 Å². The molecule has 8 rings (SSSR count). The third-order valence-electron chi connectivity index (χ3n) is 10.8. The van der Waals surface area contributed by atoms with Gasteiger partial charge < -0.3 is 53.8 Å². The third kappa shape index (κ3) is 9.14. The Bertz CT molecular complexity index is 2040. The molecule has 17 nitrogen and oxygen atoms in total. The number of ether oxygens (including phenoxy) is 6. The Morgan fingerprint density at radius 1 is 0.930 bits per heavy atom. The second kappa shape index (κ2) is 17.3. The minimum atomic E-state index is -1.25. The molecule has 0 spiro atoms. The van der Waals surface area contributed by atoms with E-state index >= 15 is 0 Å². The fourth-order valence-electron chi connectivity index (χ4n) is 7.37. The van der Waals surface area contributed by atoms with Crippen LogP contribution in [0.25, 0.3) is 22.3 Å². The van der Waals surface area contributed by atoms with Crippen LogP contribution in [-0.4, -0.2) is 137 Å². The van der Waals surface area contributed by atoms with Gasteiger partial charge in [0.05, 0.1) is 63.0 Å². The first-order valence-electron chi connectivity index (χ1n) is 19.6. The summed E-state index contributed by atoms with van der Waals surface area (Å²) in [7, 11) is 0. The number of hydrogen-bond acceptors (Lipinski definition) is 14. The molecule has 2 saturated heterocycles. The summed E-state index contributed by atoms with van der Waals surface area (Å²) in [6.07, 6.45) is 2.39. The molecule has 2 aromatic heterocycles. The summed E-state index contributed by atoms with van der Waals surface area (Å²) in [6.45, 7) is 6.95. The first kappa shape index (κ1) is 38.9. The van der Waals surface area contributed by atoms with E-state index in [1.807, 2.05) is 24.3 Å². The van der Waals surface area contributed by atoms with E-state index in [1.54, 1.807) is 24.5 Å². The lowest BCUT2D eigenvalue weighted by molar-refractivity contribution is -0.132. The van der Waals surface area contributed by atoms with Crippen LogP contribution in [0.3, 0.4) is 0 Å². The Hall–Kier alpha value is -4.91. The van der Waals surface area contributed by atoms with Crippen molar-refractivity contribution in [2.24, 2.45) is 0 Å². The number of hydrogen-bond donors (Lipinski definition) is 4. The summed E-state index contributed by atoms with van der Waals surface area (Å²) in [5.41, 5.74) is 3.10. The number of aliphatic hydroxyl groups excluding tert-OH is 2. The molecular formula is C40H49N7O10. The SMILES string of the molecule is CC1(Oc2ccc3[nH]nc(-c4cc(N5CCO[C@H](CCOCCOCCOCCOc6ccc7c(c6)C(O)N(C6CCC(=O)NC6O)C7=O)C5)ncn4)c3c2)CC1. The van der Waals surface area contributed by atoms with Crippen molar-refractivity contribution in [2.45, 2.75) is 69.2 Å². The maximum absolute atomic E-state index is 13.0. The van der Waals surface area contributed by atoms with Crippen LogP contribution < -0.4 is 19.7 Å². The van der Waals surface area contributed by atoms with Crippen LogP contribution in [0.15, 0.2) is 48.8 Å². The van der Waals surface area contributed by atoms with E-state index in [0.717, 1.165) is 59.7 Å². The summed E-state index contributed by atoms with van der Waals surface area (Å²) in [5.74, 6) is 1.45. The number of piperidine rings is 1. The highest BCUT2D eigenvalue weighted by Crippen LogP contribution is 2.41. The van der Waals surface area contributed by atoms with E-state index in [1.165, 1.54) is 4.90 Å². The van der Waals surface area contributed by atoms with E-state index in [-0.39, 0.29) is 37.1 Å². The van der Waals surface area contributed by atoms with Crippen molar-refractivity contribution >= 4 is 28.5 Å². The Morgan fingerprint density at radius 2 is 1.70 bits per heavy atom. The lowest BCUT2D eigenvalue weighted by atomic mass is 10.0. The molecule has 4 N–H and O–H groups in total. The van der Waals surface area contributed by atoms with Crippen LogP contribution in [0.1, 0.15) is 61.2 Å². The molecule has 4 atom stereocenters.